The molecule has 1 aromatic heterocycles. The summed E-state index contributed by atoms with van der Waals surface area (Å²) in [6.45, 7) is 3.99. The van der Waals surface area contributed by atoms with Crippen LogP contribution in [0.5, 0.6) is 0 Å². The van der Waals surface area contributed by atoms with Crippen molar-refractivity contribution in [3.05, 3.63) is 47.8 Å². The summed E-state index contributed by atoms with van der Waals surface area (Å²) >= 11 is 4.35. The zero-order valence-corrected chi connectivity index (χ0v) is 8.75. The minimum atomic E-state index is 0.982. The van der Waals surface area contributed by atoms with Crippen LogP contribution in [0, 0.1) is 13.8 Å². The van der Waals surface area contributed by atoms with Gasteiger partial charge in [0.15, 0.2) is 0 Å². The Morgan fingerprint density at radius 1 is 1.08 bits per heavy atom. The van der Waals surface area contributed by atoms with Crippen LogP contribution >= 0.6 is 12.6 Å². The standard InChI is InChI=1S/C11H13NS/c1-9-5-4-8-12-10(2)6-3-7-11(9)13/h3-8,13H,1-2H3. The number of aromatic nitrogens is 1. The molecule has 0 bridgehead atoms. The average Bonchev–Trinajstić information content (AvgIpc) is 2.11. The Morgan fingerprint density at radius 2 is 1.85 bits per heavy atom. The molecular weight excluding hydrogens is 178 g/mol. The lowest BCUT2D eigenvalue weighted by atomic mass is 10.3. The van der Waals surface area contributed by atoms with Crippen molar-refractivity contribution in [2.45, 2.75) is 18.7 Å². The van der Waals surface area contributed by atoms with Crippen LogP contribution in [0.2, 0.25) is 0 Å². The van der Waals surface area contributed by atoms with Gasteiger partial charge in [-0.25, -0.2) is 0 Å². The highest BCUT2D eigenvalue weighted by atomic mass is 32.1. The van der Waals surface area contributed by atoms with Crippen LogP contribution in [0.4, 0.5) is 0 Å². The van der Waals surface area contributed by atoms with Gasteiger partial charge in [0.25, 0.3) is 0 Å². The van der Waals surface area contributed by atoms with Crippen molar-refractivity contribution >= 4 is 12.6 Å². The molecule has 0 aliphatic carbocycles. The Kier molecular flexibility index (Phi) is 3.77. The molecule has 0 amide bonds. The number of nitrogens with zero attached hydrogens (tertiary/aromatic N) is 1. The first-order valence-corrected chi connectivity index (χ1v) is 4.60. The van der Waals surface area contributed by atoms with E-state index in [9.17, 15) is 0 Å². The molecule has 0 unspecified atom stereocenters. The summed E-state index contributed by atoms with van der Waals surface area (Å²) < 4.78 is 0. The summed E-state index contributed by atoms with van der Waals surface area (Å²) in [5.74, 6) is 0. The molecule has 0 spiro atoms. The van der Waals surface area contributed by atoms with Crippen molar-refractivity contribution in [1.29, 1.82) is 0 Å². The van der Waals surface area contributed by atoms with E-state index in [1.165, 1.54) is 0 Å². The predicted octanol–water partition coefficient (Wildman–Crippen LogP) is 3.11. The van der Waals surface area contributed by atoms with E-state index in [-0.39, 0.29) is 0 Å². The minimum absolute atomic E-state index is 0.982. The highest BCUT2D eigenvalue weighted by molar-refractivity contribution is 7.80. The van der Waals surface area contributed by atoms with Crippen molar-refractivity contribution in [1.82, 2.24) is 4.98 Å². The maximum Gasteiger partial charge on any atom is 0.0372 e. The van der Waals surface area contributed by atoms with Crippen molar-refractivity contribution in [2.24, 2.45) is 0 Å². The molecule has 0 saturated carbocycles. The van der Waals surface area contributed by atoms with E-state index >= 15 is 0 Å². The van der Waals surface area contributed by atoms with Gasteiger partial charge in [-0.15, -0.1) is 12.6 Å². The van der Waals surface area contributed by atoms with Gasteiger partial charge in [-0.05, 0) is 37.6 Å². The quantitative estimate of drug-likeness (QED) is 0.622. The van der Waals surface area contributed by atoms with Crippen molar-refractivity contribution in [2.75, 3.05) is 0 Å². The zero-order valence-electron chi connectivity index (χ0n) is 7.86. The van der Waals surface area contributed by atoms with E-state index in [4.69, 9.17) is 0 Å². The van der Waals surface area contributed by atoms with Gasteiger partial charge >= 0.3 is 0 Å². The summed E-state index contributed by atoms with van der Waals surface area (Å²) in [7, 11) is 0. The third-order valence-electron chi connectivity index (χ3n) is 1.71. The van der Waals surface area contributed by atoms with Crippen LogP contribution in [0.1, 0.15) is 11.3 Å². The summed E-state index contributed by atoms with van der Waals surface area (Å²) in [6, 6.07) is 9.79. The van der Waals surface area contributed by atoms with Crippen molar-refractivity contribution in [3.63, 3.8) is 0 Å². The molecule has 0 aliphatic rings. The lowest BCUT2D eigenvalue weighted by Gasteiger charge is -1.90. The topological polar surface area (TPSA) is 12.9 Å². The molecule has 1 aromatic rings. The minimum Gasteiger partial charge on any atom is -0.262 e. The van der Waals surface area contributed by atoms with Gasteiger partial charge in [-0.1, -0.05) is 12.1 Å². The summed E-state index contributed by atoms with van der Waals surface area (Å²) in [4.78, 5) is 5.18. The molecule has 13 heavy (non-hydrogen) atoms. The predicted molar refractivity (Wildman–Crippen MR) is 58.6 cm³/mol. The Morgan fingerprint density at radius 3 is 2.62 bits per heavy atom. The fourth-order valence-electron chi connectivity index (χ4n) is 0.886. The second kappa shape index (κ2) is 4.87. The van der Waals surface area contributed by atoms with Gasteiger partial charge in [-0.3, -0.25) is 4.98 Å². The van der Waals surface area contributed by atoms with Gasteiger partial charge in [-0.2, -0.15) is 0 Å². The summed E-state index contributed by atoms with van der Waals surface area (Å²) in [5, 5.41) is 0. The number of aryl methyl sites for hydroxylation is 2. The normalized spacial score (nSPS) is 9.15. The van der Waals surface area contributed by atoms with E-state index in [2.05, 4.69) is 17.6 Å². The molecule has 0 saturated heterocycles. The van der Waals surface area contributed by atoms with Crippen LogP contribution in [0.25, 0.3) is 0 Å². The molecule has 68 valence electrons. The smallest absolute Gasteiger partial charge is 0.0372 e. The number of hydrogen-bond donors (Lipinski definition) is 1. The molecule has 0 N–H and O–H groups in total. The van der Waals surface area contributed by atoms with Crippen LogP contribution < -0.4 is 0 Å². The van der Waals surface area contributed by atoms with Crippen LogP contribution in [-0.4, -0.2) is 4.98 Å². The second-order valence-electron chi connectivity index (χ2n) is 2.87. The molecule has 0 radical (unpaired) electrons. The molecule has 0 fully saturated rings. The molecule has 2 heteroatoms. The fraction of sp³-hybridized carbons (Fsp3) is 0.182. The zero-order chi connectivity index (χ0) is 9.68. The molecule has 1 nitrogen and oxygen atoms in total. The van der Waals surface area contributed by atoms with E-state index < -0.39 is 0 Å². The lowest BCUT2D eigenvalue weighted by Crippen LogP contribution is -1.73. The number of thiol groups is 1. The Hall–Kier alpha value is -1.02. The van der Waals surface area contributed by atoms with Crippen LogP contribution in [0.3, 0.4) is 0 Å². The Bertz CT molecular complexity index is 346. The van der Waals surface area contributed by atoms with Crippen molar-refractivity contribution in [3.8, 4) is 0 Å². The van der Waals surface area contributed by atoms with Crippen LogP contribution in [-0.2, 0) is 0 Å². The van der Waals surface area contributed by atoms with E-state index in [0.29, 0.717) is 0 Å². The SMILES string of the molecule is Cc1cccc(S)c(C)cccn1. The third kappa shape index (κ3) is 3.47. The first kappa shape index (κ1) is 10.1. The number of rotatable bonds is 0. The molecular formula is C11H13NS. The molecule has 0 atom stereocenters. The van der Waals surface area contributed by atoms with Gasteiger partial charge in [0.05, 0.1) is 0 Å². The monoisotopic (exact) mass is 191 g/mol. The van der Waals surface area contributed by atoms with Crippen molar-refractivity contribution < 1.29 is 0 Å². The van der Waals surface area contributed by atoms with E-state index in [0.717, 1.165) is 16.2 Å². The Balaban J connectivity index is 3.31. The van der Waals surface area contributed by atoms with Gasteiger partial charge < -0.3 is 0 Å². The van der Waals surface area contributed by atoms with Crippen LogP contribution in [0.15, 0.2) is 41.4 Å². The molecule has 1 heterocycles. The summed E-state index contributed by atoms with van der Waals surface area (Å²) in [5.41, 5.74) is 2.13. The summed E-state index contributed by atoms with van der Waals surface area (Å²) in [6.07, 6.45) is 1.79. The highest BCUT2D eigenvalue weighted by Crippen LogP contribution is 2.07. The molecule has 0 aromatic carbocycles. The van der Waals surface area contributed by atoms with E-state index in [1.807, 2.05) is 44.2 Å². The van der Waals surface area contributed by atoms with Gasteiger partial charge in [0.1, 0.15) is 0 Å². The van der Waals surface area contributed by atoms with Gasteiger partial charge in [0, 0.05) is 16.8 Å². The highest BCUT2D eigenvalue weighted by Gasteiger charge is 1.84. The first-order valence-electron chi connectivity index (χ1n) is 4.15. The second-order valence-corrected chi connectivity index (χ2v) is 3.35. The largest absolute Gasteiger partial charge is 0.262 e. The van der Waals surface area contributed by atoms with Gasteiger partial charge in [0.2, 0.25) is 0 Å². The molecule has 0 aliphatic heterocycles. The lowest BCUT2D eigenvalue weighted by molar-refractivity contribution is 1.21. The molecule has 1 rings (SSSR count). The first-order chi connectivity index (χ1) is 6.20. The maximum absolute atomic E-state index is 4.35. The third-order valence-corrected chi connectivity index (χ3v) is 2.21. The average molecular weight is 191 g/mol. The van der Waals surface area contributed by atoms with E-state index in [1.54, 1.807) is 6.20 Å². The number of hydrogen-bond acceptors (Lipinski definition) is 2. The Labute approximate surface area is 84.6 Å². The maximum atomic E-state index is 4.35. The fourth-order valence-corrected chi connectivity index (χ4v) is 1.05.